The largest absolute Gasteiger partial charge is 0.447 e. The van der Waals surface area contributed by atoms with Crippen molar-refractivity contribution in [2.45, 2.75) is 26.2 Å². The molecule has 1 N–H and O–H groups in total. The van der Waals surface area contributed by atoms with Gasteiger partial charge in [-0.1, -0.05) is 0 Å². The van der Waals surface area contributed by atoms with Crippen molar-refractivity contribution >= 4 is 23.5 Å². The van der Waals surface area contributed by atoms with Crippen molar-refractivity contribution in [3.8, 4) is 0 Å². The summed E-state index contributed by atoms with van der Waals surface area (Å²) < 4.78 is 4.98. The van der Waals surface area contributed by atoms with Gasteiger partial charge < -0.3 is 15.0 Å². The number of carbonyl (C=O) groups is 2. The van der Waals surface area contributed by atoms with Crippen molar-refractivity contribution in [3.63, 3.8) is 0 Å². The number of piperidine rings is 1. The highest BCUT2D eigenvalue weighted by molar-refractivity contribution is 5.89. The lowest BCUT2D eigenvalue weighted by molar-refractivity contribution is -0.128. The first-order valence-corrected chi connectivity index (χ1v) is 8.53. The second-order valence-electron chi connectivity index (χ2n) is 6.87. The Morgan fingerprint density at radius 3 is 2.58 bits per heavy atom. The number of ether oxygens (including phenoxy) is 1. The van der Waals surface area contributed by atoms with Crippen LogP contribution < -0.4 is 15.1 Å². The summed E-state index contributed by atoms with van der Waals surface area (Å²) in [5.41, 5.74) is 1.66. The summed E-state index contributed by atoms with van der Waals surface area (Å²) in [7, 11) is 0. The molecule has 4 rings (SSSR count). The lowest BCUT2D eigenvalue weighted by Gasteiger charge is -2.38. The zero-order valence-corrected chi connectivity index (χ0v) is 13.9. The minimum absolute atomic E-state index is 0.163. The molecule has 0 radical (unpaired) electrons. The quantitative estimate of drug-likeness (QED) is 0.888. The monoisotopic (exact) mass is 330 g/mol. The molecule has 0 bridgehead atoms. The Kier molecular flexibility index (Phi) is 3.58. The maximum Gasteiger partial charge on any atom is 0.414 e. The summed E-state index contributed by atoms with van der Waals surface area (Å²) in [6, 6.07) is 1.99. The average molecular weight is 330 g/mol. The number of amides is 2. The van der Waals surface area contributed by atoms with Crippen LogP contribution in [0.1, 0.15) is 24.8 Å². The van der Waals surface area contributed by atoms with Gasteiger partial charge in [-0.15, -0.1) is 0 Å². The molecule has 2 amide bonds. The molecule has 1 aromatic rings. The van der Waals surface area contributed by atoms with Crippen molar-refractivity contribution in [2.75, 3.05) is 42.6 Å². The van der Waals surface area contributed by atoms with Crippen LogP contribution in [-0.2, 0) is 9.53 Å². The normalized spacial score (nSPS) is 22.9. The number of aromatic nitrogens is 1. The number of aryl methyl sites for hydroxylation is 1. The molecule has 0 unspecified atom stereocenters. The average Bonchev–Trinajstić information content (AvgIpc) is 3.15. The highest BCUT2D eigenvalue weighted by Crippen LogP contribution is 2.39. The molecule has 1 spiro atoms. The van der Waals surface area contributed by atoms with E-state index in [0.717, 1.165) is 56.0 Å². The van der Waals surface area contributed by atoms with Crippen LogP contribution in [0.15, 0.2) is 12.3 Å². The first-order chi connectivity index (χ1) is 11.6. The van der Waals surface area contributed by atoms with Crippen molar-refractivity contribution in [3.05, 3.63) is 17.8 Å². The van der Waals surface area contributed by atoms with Gasteiger partial charge in [0, 0.05) is 19.6 Å². The predicted octanol–water partition coefficient (Wildman–Crippen LogP) is 1.45. The number of rotatable bonds is 2. The SMILES string of the molecule is Cc1cc(N2CCOC2=O)cnc1N1CCC2(CCNC2=O)CC1. The first-order valence-electron chi connectivity index (χ1n) is 8.53. The van der Waals surface area contributed by atoms with Crippen LogP contribution in [0.4, 0.5) is 16.3 Å². The summed E-state index contributed by atoms with van der Waals surface area (Å²) in [5, 5.41) is 2.97. The van der Waals surface area contributed by atoms with Gasteiger partial charge in [0.05, 0.1) is 23.8 Å². The molecule has 7 heteroatoms. The molecule has 3 aliphatic heterocycles. The Balaban J connectivity index is 1.49. The Morgan fingerprint density at radius 2 is 2.00 bits per heavy atom. The second-order valence-corrected chi connectivity index (χ2v) is 6.87. The van der Waals surface area contributed by atoms with Gasteiger partial charge in [-0.25, -0.2) is 9.78 Å². The van der Waals surface area contributed by atoms with Crippen LogP contribution in [0.25, 0.3) is 0 Å². The van der Waals surface area contributed by atoms with Crippen LogP contribution in [0, 0.1) is 12.3 Å². The molecule has 24 heavy (non-hydrogen) atoms. The molecule has 0 aliphatic carbocycles. The molecule has 0 saturated carbocycles. The lowest BCUT2D eigenvalue weighted by Crippen LogP contribution is -2.44. The van der Waals surface area contributed by atoms with Gasteiger partial charge in [0.25, 0.3) is 0 Å². The minimum atomic E-state index is -0.309. The third kappa shape index (κ3) is 2.39. The van der Waals surface area contributed by atoms with Gasteiger partial charge in [-0.2, -0.15) is 0 Å². The van der Waals surface area contributed by atoms with E-state index in [1.54, 1.807) is 11.1 Å². The third-order valence-corrected chi connectivity index (χ3v) is 5.50. The Morgan fingerprint density at radius 1 is 1.21 bits per heavy atom. The summed E-state index contributed by atoms with van der Waals surface area (Å²) >= 11 is 0. The van der Waals surface area contributed by atoms with Crippen molar-refractivity contribution in [1.29, 1.82) is 0 Å². The fraction of sp³-hybridized carbons (Fsp3) is 0.588. The molecule has 4 heterocycles. The summed E-state index contributed by atoms with van der Waals surface area (Å²) in [5.74, 6) is 1.16. The number of carbonyl (C=O) groups excluding carboxylic acids is 2. The van der Waals surface area contributed by atoms with E-state index in [4.69, 9.17) is 4.74 Å². The van der Waals surface area contributed by atoms with E-state index in [2.05, 4.69) is 15.2 Å². The number of hydrogen-bond donors (Lipinski definition) is 1. The Bertz CT molecular complexity index is 682. The Hall–Kier alpha value is -2.31. The summed E-state index contributed by atoms with van der Waals surface area (Å²) in [4.78, 5) is 32.2. The first kappa shape index (κ1) is 15.2. The molecular weight excluding hydrogens is 308 g/mol. The fourth-order valence-corrected chi connectivity index (χ4v) is 4.00. The number of cyclic esters (lactones) is 1. The summed E-state index contributed by atoms with van der Waals surface area (Å²) in [6.45, 7) is 5.49. The number of hydrogen-bond acceptors (Lipinski definition) is 5. The molecule has 3 saturated heterocycles. The predicted molar refractivity (Wildman–Crippen MR) is 89.2 cm³/mol. The van der Waals surface area contributed by atoms with Gasteiger partial charge >= 0.3 is 6.09 Å². The van der Waals surface area contributed by atoms with Crippen LogP contribution in [-0.4, -0.2) is 49.8 Å². The van der Waals surface area contributed by atoms with Gasteiger partial charge in [0.15, 0.2) is 0 Å². The highest BCUT2D eigenvalue weighted by atomic mass is 16.6. The van der Waals surface area contributed by atoms with E-state index in [-0.39, 0.29) is 17.4 Å². The molecule has 1 aromatic heterocycles. The number of anilines is 2. The molecule has 0 atom stereocenters. The smallest absolute Gasteiger partial charge is 0.414 e. The number of pyridine rings is 1. The molecule has 128 valence electrons. The van der Waals surface area contributed by atoms with Crippen LogP contribution >= 0.6 is 0 Å². The number of nitrogens with one attached hydrogen (secondary N) is 1. The van der Waals surface area contributed by atoms with Gasteiger partial charge in [0.2, 0.25) is 5.91 Å². The van der Waals surface area contributed by atoms with E-state index in [1.807, 2.05) is 13.0 Å². The van der Waals surface area contributed by atoms with Crippen LogP contribution in [0.2, 0.25) is 0 Å². The number of nitrogens with zero attached hydrogens (tertiary/aromatic N) is 3. The van der Waals surface area contributed by atoms with Gasteiger partial charge in [-0.3, -0.25) is 9.69 Å². The van der Waals surface area contributed by atoms with Crippen molar-refractivity contribution < 1.29 is 14.3 Å². The maximum atomic E-state index is 12.1. The van der Waals surface area contributed by atoms with E-state index in [1.165, 1.54) is 0 Å². The van der Waals surface area contributed by atoms with E-state index in [0.29, 0.717) is 13.2 Å². The van der Waals surface area contributed by atoms with Gasteiger partial charge in [-0.05, 0) is 37.8 Å². The topological polar surface area (TPSA) is 74.8 Å². The summed E-state index contributed by atoms with van der Waals surface area (Å²) in [6.07, 6.45) is 4.13. The van der Waals surface area contributed by atoms with Crippen LogP contribution in [0.5, 0.6) is 0 Å². The molecule has 7 nitrogen and oxygen atoms in total. The van der Waals surface area contributed by atoms with E-state index >= 15 is 0 Å². The standard InChI is InChI=1S/C17H22N4O3/c1-12-10-13(21-8-9-24-16(21)23)11-19-14(12)20-6-3-17(4-7-20)2-5-18-15(17)22/h10-11H,2-9H2,1H3,(H,18,22). The lowest BCUT2D eigenvalue weighted by atomic mass is 9.77. The molecule has 0 aromatic carbocycles. The Labute approximate surface area is 141 Å². The van der Waals surface area contributed by atoms with Crippen molar-refractivity contribution in [1.82, 2.24) is 10.3 Å². The highest BCUT2D eigenvalue weighted by Gasteiger charge is 2.44. The zero-order valence-electron chi connectivity index (χ0n) is 13.9. The fourth-order valence-electron chi connectivity index (χ4n) is 4.00. The second kappa shape index (κ2) is 5.65. The van der Waals surface area contributed by atoms with E-state index < -0.39 is 0 Å². The van der Waals surface area contributed by atoms with Crippen LogP contribution in [0.3, 0.4) is 0 Å². The van der Waals surface area contributed by atoms with E-state index in [9.17, 15) is 9.59 Å². The third-order valence-electron chi connectivity index (χ3n) is 5.50. The maximum absolute atomic E-state index is 12.1. The molecule has 3 aliphatic rings. The zero-order chi connectivity index (χ0) is 16.7. The molecule has 3 fully saturated rings. The minimum Gasteiger partial charge on any atom is -0.447 e. The molecular formula is C17H22N4O3. The van der Waals surface area contributed by atoms with Crippen molar-refractivity contribution in [2.24, 2.45) is 5.41 Å². The van der Waals surface area contributed by atoms with Gasteiger partial charge in [0.1, 0.15) is 12.4 Å².